The van der Waals surface area contributed by atoms with E-state index in [1.165, 1.54) is 0 Å². The van der Waals surface area contributed by atoms with Gasteiger partial charge in [0.15, 0.2) is 70.8 Å². The van der Waals surface area contributed by atoms with E-state index in [0.29, 0.717) is 97.9 Å². The predicted octanol–water partition coefficient (Wildman–Crippen LogP) is 5.32. The molecule has 2 atom stereocenters. The molecule has 0 heterocycles. The van der Waals surface area contributed by atoms with Crippen molar-refractivity contribution in [1.82, 2.24) is 0 Å². The third kappa shape index (κ3) is 15.7. The molecule has 1 aromatic carbocycles. The lowest BCUT2D eigenvalue weighted by molar-refractivity contribution is 0.0103. The highest BCUT2D eigenvalue weighted by molar-refractivity contribution is 6.93. The lowest BCUT2D eigenvalue weighted by Gasteiger charge is -2.59. The molecule has 2 unspecified atom stereocenters. The van der Waals surface area contributed by atoms with Gasteiger partial charge in [0.1, 0.15) is 16.0 Å². The Morgan fingerprint density at radius 2 is 0.883 bits per heavy atom. The maximum Gasteiger partial charge on any atom is 0.387 e. The Bertz CT molecular complexity index is 1620. The molecule has 352 valence electrons. The van der Waals surface area contributed by atoms with E-state index in [2.05, 4.69) is 159 Å². The average molecular weight is 1070 g/mol. The van der Waals surface area contributed by atoms with Crippen LogP contribution < -0.4 is 22.1 Å². The number of hydrogen-bond donors (Lipinski definition) is 0. The van der Waals surface area contributed by atoms with Crippen molar-refractivity contribution in [3.63, 3.8) is 0 Å². The molecule has 0 bridgehead atoms. The van der Waals surface area contributed by atoms with Gasteiger partial charge in [-0.05, 0) is 143 Å². The van der Waals surface area contributed by atoms with Crippen molar-refractivity contribution in [2.24, 2.45) is 0 Å². The van der Waals surface area contributed by atoms with Gasteiger partial charge in [-0.1, -0.05) is 20.8 Å². The lowest BCUT2D eigenvalue weighted by atomic mass is 10.1. The van der Waals surface area contributed by atoms with E-state index in [1.807, 2.05) is 0 Å². The highest BCUT2D eigenvalue weighted by Gasteiger charge is 2.69. The molecule has 0 N–H and O–H groups in total. The lowest BCUT2D eigenvalue weighted by Crippen LogP contribution is -2.78. The summed E-state index contributed by atoms with van der Waals surface area (Å²) in [7, 11) is -19.5. The summed E-state index contributed by atoms with van der Waals surface area (Å²) in [6, 6.07) is 0. The number of rotatable bonds is 23. The second kappa shape index (κ2) is 20.4. The second-order valence-corrected chi connectivity index (χ2v) is 60.6. The highest BCUT2D eigenvalue weighted by Crippen LogP contribution is 2.59. The van der Waals surface area contributed by atoms with Crippen LogP contribution in [0.25, 0.3) is 5.76 Å². The zero-order valence-corrected chi connectivity index (χ0v) is 61.5. The van der Waals surface area contributed by atoms with Crippen molar-refractivity contribution in [2.45, 2.75) is 175 Å². The Labute approximate surface area is 389 Å². The summed E-state index contributed by atoms with van der Waals surface area (Å²) in [4.78, 5) is 0. The summed E-state index contributed by atoms with van der Waals surface area (Å²) in [5, 5.41) is -0.805. The highest BCUT2D eigenvalue weighted by atomic mass is 28.5. The second-order valence-electron chi connectivity index (χ2n) is 22.9. The summed E-state index contributed by atoms with van der Waals surface area (Å²) in [5.41, 5.74) is 0.581. The quantitative estimate of drug-likeness (QED) is 0.0805. The Kier molecular flexibility index (Phi) is 19.8. The van der Waals surface area contributed by atoms with Gasteiger partial charge in [0.05, 0.1) is 5.22 Å². The molecule has 0 aliphatic rings. The van der Waals surface area contributed by atoms with Gasteiger partial charge in [-0.3, -0.25) is 0 Å². The van der Waals surface area contributed by atoms with Crippen LogP contribution in [0.15, 0.2) is 5.38 Å². The fourth-order valence-corrected chi connectivity index (χ4v) is 31.5. The minimum Gasteiger partial charge on any atom is -0.553 e. The summed E-state index contributed by atoms with van der Waals surface area (Å²) in [6.07, 6.45) is 0. The monoisotopic (exact) mass is 1060 g/mol. The SMILES string of the molecule is CC(C)(C)[Si](O[Si](C)(O[SiH3])C(O[SiH3])=C(O[Si](C)(C)C)c1c(O[SiH3])c(O[SiH3])c(O[SiH3])c(O[Si](C)(C)C)c1O[Si](C)(C)C)(C(O[Si](C)(C)C)O[Si](C)(C)C)C(C)(C)O[Si](C)(C)C. The van der Waals surface area contributed by atoms with Crippen LogP contribution in [0.5, 0.6) is 28.7 Å². The van der Waals surface area contributed by atoms with Crippen LogP contribution >= 0.6 is 0 Å². The molecular weight excluding hydrogens is 977 g/mol. The molecule has 0 fully saturated rings. The Hall–Kier alpha value is 0.179. The Balaban J connectivity index is 5.14. The molecule has 25 heteroatoms. The first-order valence-electron chi connectivity index (χ1n) is 21.0. The molecule has 0 amide bonds. The molecule has 12 nitrogen and oxygen atoms in total. The molecule has 60 heavy (non-hydrogen) atoms. The van der Waals surface area contributed by atoms with E-state index in [0.717, 1.165) is 0 Å². The molecule has 0 saturated heterocycles. The number of benzene rings is 1. The van der Waals surface area contributed by atoms with Crippen LogP contribution in [0, 0.1) is 0 Å². The first-order chi connectivity index (χ1) is 26.5. The zero-order valence-electron chi connectivity index (χ0n) is 43.5. The predicted molar refractivity (Wildman–Crippen MR) is 289 cm³/mol. The van der Waals surface area contributed by atoms with Gasteiger partial charge < -0.3 is 52.5 Å². The summed E-state index contributed by atoms with van der Waals surface area (Å²) in [5.74, 6) is 2.27. The maximum absolute atomic E-state index is 8.23. The average Bonchev–Trinajstić information content (AvgIpc) is 2.98. The van der Waals surface area contributed by atoms with Crippen LogP contribution in [0.2, 0.25) is 129 Å². The molecule has 0 aliphatic carbocycles. The van der Waals surface area contributed by atoms with E-state index in [4.69, 9.17) is 52.5 Å². The van der Waals surface area contributed by atoms with Gasteiger partial charge in [0.25, 0.3) is 8.32 Å². The minimum absolute atomic E-state index is 0.302. The van der Waals surface area contributed by atoms with Gasteiger partial charge in [0, 0.05) is 0 Å². The van der Waals surface area contributed by atoms with E-state index in [1.54, 1.807) is 0 Å². The van der Waals surface area contributed by atoms with Gasteiger partial charge in [-0.25, -0.2) is 0 Å². The Morgan fingerprint density at radius 3 is 1.18 bits per heavy atom. The molecule has 1 rings (SSSR count). The van der Waals surface area contributed by atoms with Gasteiger partial charge in [-0.2, -0.15) is 0 Å². The first kappa shape index (κ1) is 58.2. The van der Waals surface area contributed by atoms with Gasteiger partial charge >= 0.3 is 8.56 Å². The van der Waals surface area contributed by atoms with Crippen molar-refractivity contribution < 1.29 is 52.5 Å². The third-order valence-corrected chi connectivity index (χ3v) is 29.1. The summed E-state index contributed by atoms with van der Waals surface area (Å²) in [6.45, 7) is 52.6. The molecule has 0 radical (unpaired) electrons. The molecule has 0 aromatic heterocycles. The first-order valence-corrected chi connectivity index (χ1v) is 49.9. The topological polar surface area (TPSA) is 111 Å². The van der Waals surface area contributed by atoms with Crippen molar-refractivity contribution in [1.29, 1.82) is 0 Å². The number of hydrogen-bond acceptors (Lipinski definition) is 12. The van der Waals surface area contributed by atoms with Crippen LogP contribution in [-0.4, -0.2) is 130 Å². The van der Waals surface area contributed by atoms with Crippen molar-refractivity contribution in [3.8, 4) is 28.7 Å². The van der Waals surface area contributed by atoms with Crippen molar-refractivity contribution in [3.05, 3.63) is 10.9 Å². The van der Waals surface area contributed by atoms with Gasteiger partial charge in [-0.15, -0.1) is 0 Å². The summed E-state index contributed by atoms with van der Waals surface area (Å²) < 4.78 is 84.8. The van der Waals surface area contributed by atoms with Crippen LogP contribution in [0.3, 0.4) is 0 Å². The van der Waals surface area contributed by atoms with E-state index >= 15 is 0 Å². The van der Waals surface area contributed by atoms with Crippen molar-refractivity contribution >= 4 is 125 Å². The fourth-order valence-electron chi connectivity index (χ4n) is 7.24. The molecule has 1 aromatic rings. The van der Waals surface area contributed by atoms with E-state index < -0.39 is 83.0 Å². The standard InChI is InChI=1S/C35H88O12Si13/c1-34(2,3)60(35(4,5)45-58(21,22)23,33(43-56(15,16)17)44-57(18,19)20)47-59(24,46-52)32(39-51)28(41-54(9,10)11)25-26(36-48)29(37-49)30(38-50)31(42-55(12,13)14)27(25)40-53(6,7)8/h33H,1-24,48-52H3. The van der Waals surface area contributed by atoms with Crippen molar-refractivity contribution in [2.75, 3.05) is 0 Å². The molecule has 0 aliphatic heterocycles. The molecule has 0 saturated carbocycles. The Morgan fingerprint density at radius 1 is 0.483 bits per heavy atom. The van der Waals surface area contributed by atoms with Crippen LogP contribution in [0.4, 0.5) is 0 Å². The maximum atomic E-state index is 8.23. The molecule has 0 spiro atoms. The normalized spacial score (nSPS) is 16.7. The minimum atomic E-state index is -3.73. The van der Waals surface area contributed by atoms with Crippen LogP contribution in [0.1, 0.15) is 40.2 Å². The van der Waals surface area contributed by atoms with Crippen LogP contribution in [-0.2, 0) is 30.4 Å². The van der Waals surface area contributed by atoms with E-state index in [-0.39, 0.29) is 0 Å². The fraction of sp³-hybridized carbons (Fsp3) is 0.771. The summed E-state index contributed by atoms with van der Waals surface area (Å²) >= 11 is 0. The van der Waals surface area contributed by atoms with E-state index in [9.17, 15) is 0 Å². The van der Waals surface area contributed by atoms with Gasteiger partial charge in [0.2, 0.25) is 66.9 Å². The third-order valence-electron chi connectivity index (χ3n) is 8.73. The molecular formula is C35H88O12Si13. The zero-order chi connectivity index (χ0) is 47.7. The smallest absolute Gasteiger partial charge is 0.387 e. The largest absolute Gasteiger partial charge is 0.553 e.